The molecule has 0 aliphatic rings. The van der Waals surface area contributed by atoms with Crippen molar-refractivity contribution in [2.75, 3.05) is 25.0 Å². The van der Waals surface area contributed by atoms with Crippen LogP contribution in [0.1, 0.15) is 13.3 Å². The van der Waals surface area contributed by atoms with E-state index in [0.29, 0.717) is 22.3 Å². The van der Waals surface area contributed by atoms with Crippen LogP contribution in [0.5, 0.6) is 0 Å². The van der Waals surface area contributed by atoms with Crippen molar-refractivity contribution in [3.05, 3.63) is 28.2 Å². The van der Waals surface area contributed by atoms with Gasteiger partial charge in [-0.3, -0.25) is 14.9 Å². The van der Waals surface area contributed by atoms with Gasteiger partial charge in [-0.2, -0.15) is 0 Å². The predicted molar refractivity (Wildman–Crippen MR) is 81.3 cm³/mol. The van der Waals surface area contributed by atoms with Gasteiger partial charge < -0.3 is 10.6 Å². The molecule has 0 saturated heterocycles. The van der Waals surface area contributed by atoms with Crippen LogP contribution in [0.3, 0.4) is 0 Å². The van der Waals surface area contributed by atoms with E-state index in [4.69, 9.17) is 23.2 Å². The molecule has 20 heavy (non-hydrogen) atoms. The molecule has 0 fully saturated rings. The Labute approximate surface area is 128 Å². The maximum absolute atomic E-state index is 11.7. The van der Waals surface area contributed by atoms with E-state index in [0.717, 1.165) is 6.42 Å². The number of benzene rings is 1. The van der Waals surface area contributed by atoms with Crippen molar-refractivity contribution in [1.29, 1.82) is 0 Å². The molecule has 0 unspecified atom stereocenters. The average Bonchev–Trinajstić information content (AvgIpc) is 2.41. The highest BCUT2D eigenvalue weighted by Crippen LogP contribution is 2.29. The molecule has 1 rings (SSSR count). The molecular formula is C13H17Cl2N3O2. The second-order valence-corrected chi connectivity index (χ2v) is 4.91. The minimum Gasteiger partial charge on any atom is -0.355 e. The molecule has 0 aromatic heterocycles. The summed E-state index contributed by atoms with van der Waals surface area (Å²) < 4.78 is 0. The number of hydrogen-bond acceptors (Lipinski definition) is 3. The zero-order valence-electron chi connectivity index (χ0n) is 11.1. The SMILES string of the molecule is CCCNC(=O)CNCC(=O)Nc1c(Cl)cccc1Cl. The third-order valence-electron chi connectivity index (χ3n) is 2.37. The van der Waals surface area contributed by atoms with E-state index in [1.54, 1.807) is 18.2 Å². The van der Waals surface area contributed by atoms with Gasteiger partial charge in [0.05, 0.1) is 28.8 Å². The lowest BCUT2D eigenvalue weighted by Crippen LogP contribution is -2.37. The summed E-state index contributed by atoms with van der Waals surface area (Å²) >= 11 is 11.9. The number of carbonyl (C=O) groups excluding carboxylic acids is 2. The van der Waals surface area contributed by atoms with Crippen LogP contribution in [0.2, 0.25) is 10.0 Å². The summed E-state index contributed by atoms with van der Waals surface area (Å²) in [6, 6.07) is 4.96. The van der Waals surface area contributed by atoms with Crippen LogP contribution >= 0.6 is 23.2 Å². The Kier molecular flexibility index (Phi) is 7.36. The highest BCUT2D eigenvalue weighted by Gasteiger charge is 2.09. The first-order valence-electron chi connectivity index (χ1n) is 6.26. The first kappa shape index (κ1) is 16.8. The number of rotatable bonds is 7. The van der Waals surface area contributed by atoms with E-state index in [1.165, 1.54) is 0 Å². The van der Waals surface area contributed by atoms with E-state index in [-0.39, 0.29) is 24.9 Å². The monoisotopic (exact) mass is 317 g/mol. The van der Waals surface area contributed by atoms with Crippen LogP contribution in [0.4, 0.5) is 5.69 Å². The largest absolute Gasteiger partial charge is 0.355 e. The number of para-hydroxylation sites is 1. The maximum atomic E-state index is 11.7. The van der Waals surface area contributed by atoms with Gasteiger partial charge in [0, 0.05) is 6.54 Å². The Morgan fingerprint density at radius 1 is 1.10 bits per heavy atom. The highest BCUT2D eigenvalue weighted by atomic mass is 35.5. The van der Waals surface area contributed by atoms with Crippen molar-refractivity contribution < 1.29 is 9.59 Å². The molecule has 0 atom stereocenters. The molecule has 0 radical (unpaired) electrons. The fourth-order valence-corrected chi connectivity index (χ4v) is 1.91. The van der Waals surface area contributed by atoms with Gasteiger partial charge in [-0.1, -0.05) is 36.2 Å². The minimum atomic E-state index is -0.316. The third kappa shape index (κ3) is 5.77. The summed E-state index contributed by atoms with van der Waals surface area (Å²) in [7, 11) is 0. The molecule has 0 heterocycles. The van der Waals surface area contributed by atoms with Crippen molar-refractivity contribution >= 4 is 40.7 Å². The Hall–Kier alpha value is -1.30. The van der Waals surface area contributed by atoms with Crippen LogP contribution in [0.15, 0.2) is 18.2 Å². The lowest BCUT2D eigenvalue weighted by atomic mass is 10.3. The van der Waals surface area contributed by atoms with E-state index in [1.807, 2.05) is 6.92 Å². The van der Waals surface area contributed by atoms with Crippen molar-refractivity contribution in [1.82, 2.24) is 10.6 Å². The molecule has 1 aromatic rings. The fraction of sp³-hybridized carbons (Fsp3) is 0.385. The molecule has 3 N–H and O–H groups in total. The zero-order valence-corrected chi connectivity index (χ0v) is 12.6. The minimum absolute atomic E-state index is 0.00109. The molecule has 0 aliphatic heterocycles. The second-order valence-electron chi connectivity index (χ2n) is 4.10. The number of hydrogen-bond donors (Lipinski definition) is 3. The van der Waals surface area contributed by atoms with E-state index in [9.17, 15) is 9.59 Å². The molecule has 5 nitrogen and oxygen atoms in total. The fourth-order valence-electron chi connectivity index (χ4n) is 1.42. The van der Waals surface area contributed by atoms with Gasteiger partial charge >= 0.3 is 0 Å². The van der Waals surface area contributed by atoms with E-state index >= 15 is 0 Å². The first-order chi connectivity index (χ1) is 9.54. The Morgan fingerprint density at radius 3 is 2.30 bits per heavy atom. The summed E-state index contributed by atoms with van der Waals surface area (Å²) in [6.07, 6.45) is 0.872. The summed E-state index contributed by atoms with van der Waals surface area (Å²) in [5.41, 5.74) is 0.373. The van der Waals surface area contributed by atoms with E-state index < -0.39 is 0 Å². The van der Waals surface area contributed by atoms with Crippen LogP contribution in [-0.4, -0.2) is 31.4 Å². The summed E-state index contributed by atoms with van der Waals surface area (Å²) in [4.78, 5) is 23.0. The number of carbonyl (C=O) groups is 2. The van der Waals surface area contributed by atoms with Gasteiger partial charge in [0.2, 0.25) is 11.8 Å². The number of anilines is 1. The van der Waals surface area contributed by atoms with Gasteiger partial charge in [-0.15, -0.1) is 0 Å². The molecule has 0 bridgehead atoms. The molecule has 1 aromatic carbocycles. The summed E-state index contributed by atoms with van der Waals surface area (Å²) in [5, 5.41) is 8.77. The smallest absolute Gasteiger partial charge is 0.238 e. The number of amides is 2. The Bertz CT molecular complexity index is 460. The van der Waals surface area contributed by atoms with Crippen LogP contribution in [0.25, 0.3) is 0 Å². The quantitative estimate of drug-likeness (QED) is 0.720. The summed E-state index contributed by atoms with van der Waals surface area (Å²) in [5.74, 6) is -0.460. The first-order valence-corrected chi connectivity index (χ1v) is 7.01. The van der Waals surface area contributed by atoms with Gasteiger partial charge in [0.15, 0.2) is 0 Å². The molecule has 2 amide bonds. The molecule has 0 saturated carbocycles. The van der Waals surface area contributed by atoms with Gasteiger partial charge in [-0.25, -0.2) is 0 Å². The average molecular weight is 318 g/mol. The number of halogens is 2. The molecule has 7 heteroatoms. The maximum Gasteiger partial charge on any atom is 0.238 e. The van der Waals surface area contributed by atoms with Gasteiger partial charge in [-0.05, 0) is 18.6 Å². The lowest BCUT2D eigenvalue weighted by Gasteiger charge is -2.09. The third-order valence-corrected chi connectivity index (χ3v) is 3.00. The molecule has 0 aliphatic carbocycles. The Morgan fingerprint density at radius 2 is 1.70 bits per heavy atom. The van der Waals surface area contributed by atoms with Crippen LogP contribution < -0.4 is 16.0 Å². The number of nitrogens with one attached hydrogen (secondary N) is 3. The predicted octanol–water partition coefficient (Wildman–Crippen LogP) is 2.05. The van der Waals surface area contributed by atoms with Gasteiger partial charge in [0.1, 0.15) is 0 Å². The Balaban J connectivity index is 2.36. The van der Waals surface area contributed by atoms with Crippen molar-refractivity contribution in [2.24, 2.45) is 0 Å². The second kappa shape index (κ2) is 8.79. The van der Waals surface area contributed by atoms with Crippen molar-refractivity contribution in [2.45, 2.75) is 13.3 Å². The lowest BCUT2D eigenvalue weighted by molar-refractivity contribution is -0.120. The molecule has 110 valence electrons. The van der Waals surface area contributed by atoms with Crippen molar-refractivity contribution in [3.63, 3.8) is 0 Å². The standard InChI is InChI=1S/C13H17Cl2N3O2/c1-2-6-17-11(19)7-16-8-12(20)18-13-9(14)4-3-5-10(13)15/h3-5,16H,2,6-8H2,1H3,(H,17,19)(H,18,20). The summed E-state index contributed by atoms with van der Waals surface area (Å²) in [6.45, 7) is 2.68. The molecular weight excluding hydrogens is 301 g/mol. The van der Waals surface area contributed by atoms with Crippen molar-refractivity contribution in [3.8, 4) is 0 Å². The highest BCUT2D eigenvalue weighted by molar-refractivity contribution is 6.39. The topological polar surface area (TPSA) is 70.2 Å². The van der Waals surface area contributed by atoms with Gasteiger partial charge in [0.25, 0.3) is 0 Å². The van der Waals surface area contributed by atoms with Crippen LogP contribution in [-0.2, 0) is 9.59 Å². The van der Waals surface area contributed by atoms with E-state index in [2.05, 4.69) is 16.0 Å². The van der Waals surface area contributed by atoms with Crippen LogP contribution in [0, 0.1) is 0 Å². The molecule has 0 spiro atoms. The zero-order chi connectivity index (χ0) is 15.0. The normalized spacial score (nSPS) is 10.2.